The van der Waals surface area contributed by atoms with E-state index in [-0.39, 0.29) is 6.54 Å². The van der Waals surface area contributed by atoms with Gasteiger partial charge in [0.15, 0.2) is 0 Å². The molecule has 0 saturated heterocycles. The maximum Gasteiger partial charge on any atom is 0.328 e. The van der Waals surface area contributed by atoms with E-state index >= 15 is 0 Å². The Bertz CT molecular complexity index is 510. The number of halogens is 1. The zero-order valence-electron chi connectivity index (χ0n) is 11.2. The molecule has 1 aromatic rings. The molecule has 0 saturated carbocycles. The van der Waals surface area contributed by atoms with Crippen LogP contribution >= 0.6 is 11.6 Å². The molecule has 19 heavy (non-hydrogen) atoms. The molecule has 0 radical (unpaired) electrons. The molecule has 0 atom stereocenters. The highest BCUT2D eigenvalue weighted by Crippen LogP contribution is 2.18. The van der Waals surface area contributed by atoms with Crippen LogP contribution in [0.15, 0.2) is 0 Å². The van der Waals surface area contributed by atoms with E-state index in [2.05, 4.69) is 15.7 Å². The van der Waals surface area contributed by atoms with Crippen LogP contribution in [-0.2, 0) is 18.4 Å². The van der Waals surface area contributed by atoms with Crippen molar-refractivity contribution in [3.8, 4) is 0 Å². The third-order valence-corrected chi connectivity index (χ3v) is 3.13. The molecule has 2 amide bonds. The summed E-state index contributed by atoms with van der Waals surface area (Å²) in [6.07, 6.45) is 0. The Morgan fingerprint density at radius 2 is 2.05 bits per heavy atom. The van der Waals surface area contributed by atoms with Crippen molar-refractivity contribution in [1.82, 2.24) is 20.4 Å². The highest BCUT2D eigenvalue weighted by molar-refractivity contribution is 6.30. The SMILES string of the molecule is Cc1nn(C)c(Cl)c1CNC(=O)NC(C)(C)C(=O)O. The number of rotatable bonds is 4. The number of amides is 2. The van der Waals surface area contributed by atoms with E-state index in [1.165, 1.54) is 18.5 Å². The van der Waals surface area contributed by atoms with Gasteiger partial charge in [0.25, 0.3) is 0 Å². The second-order valence-corrected chi connectivity index (χ2v) is 5.07. The number of aliphatic carboxylic acids is 1. The van der Waals surface area contributed by atoms with Crippen molar-refractivity contribution < 1.29 is 14.7 Å². The summed E-state index contributed by atoms with van der Waals surface area (Å²) in [5.74, 6) is -1.11. The van der Waals surface area contributed by atoms with Gasteiger partial charge in [-0.2, -0.15) is 5.10 Å². The number of nitrogens with zero attached hydrogens (tertiary/aromatic N) is 2. The summed E-state index contributed by atoms with van der Waals surface area (Å²) >= 11 is 6.02. The lowest BCUT2D eigenvalue weighted by molar-refractivity contribution is -0.142. The Hall–Kier alpha value is -1.76. The predicted molar refractivity (Wildman–Crippen MR) is 70.0 cm³/mol. The van der Waals surface area contributed by atoms with Crippen LogP contribution in [0.2, 0.25) is 5.15 Å². The number of aryl methyl sites for hydroxylation is 2. The quantitative estimate of drug-likeness (QED) is 0.771. The third-order valence-electron chi connectivity index (χ3n) is 2.66. The molecule has 1 rings (SSSR count). The van der Waals surface area contributed by atoms with Gasteiger partial charge >= 0.3 is 12.0 Å². The zero-order chi connectivity index (χ0) is 14.8. The predicted octanol–water partition coefficient (Wildman–Crippen LogP) is 1.04. The number of hydrogen-bond donors (Lipinski definition) is 3. The van der Waals surface area contributed by atoms with Gasteiger partial charge in [-0.05, 0) is 20.8 Å². The average Bonchev–Trinajstić information content (AvgIpc) is 2.50. The molecule has 106 valence electrons. The van der Waals surface area contributed by atoms with Crippen molar-refractivity contribution in [2.45, 2.75) is 32.9 Å². The van der Waals surface area contributed by atoms with Gasteiger partial charge in [0, 0.05) is 19.2 Å². The second kappa shape index (κ2) is 5.48. The number of nitrogens with one attached hydrogen (secondary N) is 2. The van der Waals surface area contributed by atoms with Crippen LogP contribution in [0.5, 0.6) is 0 Å². The van der Waals surface area contributed by atoms with E-state index in [1.807, 2.05) is 0 Å². The first kappa shape index (κ1) is 15.3. The van der Waals surface area contributed by atoms with Gasteiger partial charge in [0.2, 0.25) is 0 Å². The fourth-order valence-corrected chi connectivity index (χ4v) is 1.67. The summed E-state index contributed by atoms with van der Waals surface area (Å²) in [5.41, 5.74) is 0.0791. The van der Waals surface area contributed by atoms with E-state index in [4.69, 9.17) is 16.7 Å². The lowest BCUT2D eigenvalue weighted by atomic mass is 10.1. The van der Waals surface area contributed by atoms with E-state index in [0.29, 0.717) is 16.4 Å². The molecule has 0 aromatic carbocycles. The molecule has 7 nitrogen and oxygen atoms in total. The molecule has 0 spiro atoms. The molecule has 0 aliphatic carbocycles. The van der Waals surface area contributed by atoms with Gasteiger partial charge in [-0.25, -0.2) is 9.59 Å². The van der Waals surface area contributed by atoms with Gasteiger partial charge in [-0.3, -0.25) is 4.68 Å². The second-order valence-electron chi connectivity index (χ2n) is 4.72. The van der Waals surface area contributed by atoms with E-state index in [0.717, 1.165) is 0 Å². The van der Waals surface area contributed by atoms with Crippen LogP contribution in [0, 0.1) is 6.92 Å². The number of carboxylic acid groups (broad SMARTS) is 1. The molecule has 0 fully saturated rings. The monoisotopic (exact) mass is 288 g/mol. The van der Waals surface area contributed by atoms with Crippen molar-refractivity contribution in [3.05, 3.63) is 16.4 Å². The Morgan fingerprint density at radius 3 is 2.47 bits per heavy atom. The van der Waals surface area contributed by atoms with E-state index < -0.39 is 17.5 Å². The largest absolute Gasteiger partial charge is 0.480 e. The standard InChI is InChI=1S/C11H17ClN4O3/c1-6-7(8(12)16(4)15-6)5-13-10(19)14-11(2,3)9(17)18/h5H2,1-4H3,(H,17,18)(H2,13,14,19). The van der Waals surface area contributed by atoms with Crippen molar-refractivity contribution in [2.75, 3.05) is 0 Å². The van der Waals surface area contributed by atoms with Crippen molar-refractivity contribution in [1.29, 1.82) is 0 Å². The summed E-state index contributed by atoms with van der Waals surface area (Å²) < 4.78 is 1.51. The molecule has 1 aromatic heterocycles. The molecule has 0 unspecified atom stereocenters. The van der Waals surface area contributed by atoms with Crippen LogP contribution < -0.4 is 10.6 Å². The summed E-state index contributed by atoms with van der Waals surface area (Å²) in [6.45, 7) is 4.76. The van der Waals surface area contributed by atoms with Crippen LogP contribution in [-0.4, -0.2) is 32.4 Å². The summed E-state index contributed by atoms with van der Waals surface area (Å²) in [7, 11) is 1.70. The van der Waals surface area contributed by atoms with Gasteiger partial charge < -0.3 is 15.7 Å². The van der Waals surface area contributed by atoms with Crippen LogP contribution in [0.3, 0.4) is 0 Å². The van der Waals surface area contributed by atoms with Gasteiger partial charge in [0.05, 0.1) is 5.69 Å². The topological polar surface area (TPSA) is 96.3 Å². The number of carbonyl (C=O) groups is 2. The van der Waals surface area contributed by atoms with Gasteiger partial charge in [-0.1, -0.05) is 11.6 Å². The maximum absolute atomic E-state index is 11.6. The minimum absolute atomic E-state index is 0.181. The molecule has 0 aliphatic rings. The van der Waals surface area contributed by atoms with Crippen LogP contribution in [0.25, 0.3) is 0 Å². The van der Waals surface area contributed by atoms with Gasteiger partial charge in [-0.15, -0.1) is 0 Å². The molecule has 8 heteroatoms. The number of carboxylic acids is 1. The fourth-order valence-electron chi connectivity index (χ4n) is 1.42. The molecule has 3 N–H and O–H groups in total. The maximum atomic E-state index is 11.6. The first-order valence-electron chi connectivity index (χ1n) is 5.62. The minimum Gasteiger partial charge on any atom is -0.480 e. The Kier molecular flexibility index (Phi) is 4.41. The number of aromatic nitrogens is 2. The fraction of sp³-hybridized carbons (Fsp3) is 0.545. The summed E-state index contributed by atoms with van der Waals surface area (Å²) in [4.78, 5) is 22.5. The van der Waals surface area contributed by atoms with E-state index in [9.17, 15) is 9.59 Å². The smallest absolute Gasteiger partial charge is 0.328 e. The number of urea groups is 1. The van der Waals surface area contributed by atoms with Crippen LogP contribution in [0.4, 0.5) is 4.79 Å². The molecule has 0 aliphatic heterocycles. The molecular weight excluding hydrogens is 272 g/mol. The first-order valence-corrected chi connectivity index (χ1v) is 6.00. The van der Waals surface area contributed by atoms with Crippen molar-refractivity contribution in [3.63, 3.8) is 0 Å². The van der Waals surface area contributed by atoms with Crippen molar-refractivity contribution >= 4 is 23.6 Å². The number of hydrogen-bond acceptors (Lipinski definition) is 3. The Balaban J connectivity index is 2.63. The van der Waals surface area contributed by atoms with Crippen molar-refractivity contribution in [2.24, 2.45) is 7.05 Å². The molecular formula is C11H17ClN4O3. The number of carbonyl (C=O) groups excluding carboxylic acids is 1. The summed E-state index contributed by atoms with van der Waals surface area (Å²) in [5, 5.41) is 18.3. The highest BCUT2D eigenvalue weighted by atomic mass is 35.5. The lowest BCUT2D eigenvalue weighted by Gasteiger charge is -2.21. The van der Waals surface area contributed by atoms with Crippen LogP contribution in [0.1, 0.15) is 25.1 Å². The summed E-state index contributed by atoms with van der Waals surface area (Å²) in [6, 6.07) is -0.577. The van der Waals surface area contributed by atoms with E-state index in [1.54, 1.807) is 14.0 Å². The van der Waals surface area contributed by atoms with Gasteiger partial charge in [0.1, 0.15) is 10.7 Å². The average molecular weight is 289 g/mol. The molecule has 1 heterocycles. The normalized spacial score (nSPS) is 11.2. The highest BCUT2D eigenvalue weighted by Gasteiger charge is 2.28. The minimum atomic E-state index is -1.34. The molecule has 0 bridgehead atoms. The Morgan fingerprint density at radius 1 is 1.47 bits per heavy atom. The zero-order valence-corrected chi connectivity index (χ0v) is 12.0. The first-order chi connectivity index (χ1) is 8.65. The Labute approximate surface area is 115 Å². The third kappa shape index (κ3) is 3.60. The lowest BCUT2D eigenvalue weighted by Crippen LogP contribution is -2.53.